The van der Waals surface area contributed by atoms with Gasteiger partial charge in [0.05, 0.1) is 5.69 Å². The van der Waals surface area contributed by atoms with Crippen LogP contribution < -0.4 is 10.6 Å². The third kappa shape index (κ3) is 3.71. The molecule has 0 fully saturated rings. The molecule has 0 bridgehead atoms. The van der Waals surface area contributed by atoms with Gasteiger partial charge in [0.1, 0.15) is 5.65 Å². The van der Waals surface area contributed by atoms with Gasteiger partial charge in [-0.3, -0.25) is 4.99 Å². The number of guanidine groups is 1. The summed E-state index contributed by atoms with van der Waals surface area (Å²) in [6, 6.07) is 6.02. The molecule has 0 saturated carbocycles. The highest BCUT2D eigenvalue weighted by Crippen LogP contribution is 2.04. The molecule has 5 nitrogen and oxygen atoms in total. The maximum absolute atomic E-state index is 4.56. The molecule has 0 unspecified atom stereocenters. The Morgan fingerprint density at radius 3 is 2.89 bits per heavy atom. The Labute approximate surface area is 113 Å². The average molecular weight is 259 g/mol. The number of hydrogen-bond acceptors (Lipinski definition) is 2. The van der Waals surface area contributed by atoms with E-state index in [0.717, 1.165) is 43.2 Å². The first-order valence-corrected chi connectivity index (χ1v) is 6.70. The number of nitrogens with one attached hydrogen (secondary N) is 2. The number of pyridine rings is 1. The van der Waals surface area contributed by atoms with Crippen molar-refractivity contribution in [2.45, 2.75) is 19.8 Å². The summed E-state index contributed by atoms with van der Waals surface area (Å²) in [5.74, 6) is 0.852. The molecule has 2 N–H and O–H groups in total. The summed E-state index contributed by atoms with van der Waals surface area (Å²) in [7, 11) is 1.79. The van der Waals surface area contributed by atoms with Crippen LogP contribution in [0.15, 0.2) is 35.6 Å². The Balaban J connectivity index is 1.85. The molecule has 0 saturated heterocycles. The molecular weight excluding hydrogens is 238 g/mol. The summed E-state index contributed by atoms with van der Waals surface area (Å²) in [4.78, 5) is 8.73. The van der Waals surface area contributed by atoms with Crippen molar-refractivity contribution >= 4 is 11.6 Å². The van der Waals surface area contributed by atoms with E-state index < -0.39 is 0 Å². The highest BCUT2D eigenvalue weighted by Gasteiger charge is 2.01. The predicted molar refractivity (Wildman–Crippen MR) is 78.6 cm³/mol. The van der Waals surface area contributed by atoms with Gasteiger partial charge in [0.2, 0.25) is 0 Å². The van der Waals surface area contributed by atoms with Gasteiger partial charge < -0.3 is 15.0 Å². The van der Waals surface area contributed by atoms with Crippen LogP contribution in [-0.2, 0) is 6.42 Å². The molecule has 0 amide bonds. The van der Waals surface area contributed by atoms with Gasteiger partial charge in [-0.2, -0.15) is 0 Å². The van der Waals surface area contributed by atoms with Crippen molar-refractivity contribution < 1.29 is 0 Å². The summed E-state index contributed by atoms with van der Waals surface area (Å²) in [6.07, 6.45) is 6.06. The van der Waals surface area contributed by atoms with E-state index in [1.807, 2.05) is 28.8 Å². The minimum absolute atomic E-state index is 0.827. The Bertz CT molecular complexity index is 511. The van der Waals surface area contributed by atoms with Crippen molar-refractivity contribution in [1.29, 1.82) is 0 Å². The highest BCUT2D eigenvalue weighted by molar-refractivity contribution is 5.79. The van der Waals surface area contributed by atoms with Gasteiger partial charge in [-0.1, -0.05) is 13.0 Å². The number of imidazole rings is 1. The van der Waals surface area contributed by atoms with Gasteiger partial charge in [-0.25, -0.2) is 4.98 Å². The zero-order chi connectivity index (χ0) is 13.5. The molecule has 2 aromatic heterocycles. The van der Waals surface area contributed by atoms with Crippen LogP contribution in [0.5, 0.6) is 0 Å². The fraction of sp³-hybridized carbons (Fsp3) is 0.429. The van der Waals surface area contributed by atoms with Crippen LogP contribution in [0.1, 0.15) is 19.0 Å². The summed E-state index contributed by atoms with van der Waals surface area (Å²) in [6.45, 7) is 3.90. The van der Waals surface area contributed by atoms with Crippen LogP contribution in [0.4, 0.5) is 0 Å². The van der Waals surface area contributed by atoms with E-state index in [4.69, 9.17) is 0 Å². The van der Waals surface area contributed by atoms with Crippen LogP contribution >= 0.6 is 0 Å². The molecule has 0 aliphatic rings. The van der Waals surface area contributed by atoms with Gasteiger partial charge in [0.15, 0.2) is 5.96 Å². The third-order valence-corrected chi connectivity index (χ3v) is 2.85. The van der Waals surface area contributed by atoms with E-state index in [2.05, 4.69) is 33.7 Å². The van der Waals surface area contributed by atoms with E-state index in [1.165, 1.54) is 0 Å². The third-order valence-electron chi connectivity index (χ3n) is 2.85. The average Bonchev–Trinajstić information content (AvgIpc) is 2.85. The van der Waals surface area contributed by atoms with Gasteiger partial charge in [-0.15, -0.1) is 0 Å². The molecular formula is C14H21N5. The van der Waals surface area contributed by atoms with Crippen LogP contribution in [0.2, 0.25) is 0 Å². The lowest BCUT2D eigenvalue weighted by atomic mass is 10.3. The Kier molecular flexibility index (Phi) is 4.78. The van der Waals surface area contributed by atoms with E-state index in [9.17, 15) is 0 Å². The van der Waals surface area contributed by atoms with Gasteiger partial charge in [-0.05, 0) is 18.6 Å². The highest BCUT2D eigenvalue weighted by atomic mass is 15.2. The molecule has 0 aromatic carbocycles. The van der Waals surface area contributed by atoms with Crippen molar-refractivity contribution in [3.8, 4) is 0 Å². The van der Waals surface area contributed by atoms with Crippen molar-refractivity contribution in [3.63, 3.8) is 0 Å². The molecule has 102 valence electrons. The molecule has 2 rings (SSSR count). The van der Waals surface area contributed by atoms with Crippen molar-refractivity contribution in [3.05, 3.63) is 36.3 Å². The fourth-order valence-corrected chi connectivity index (χ4v) is 1.88. The van der Waals surface area contributed by atoms with Gasteiger partial charge in [0.25, 0.3) is 0 Å². The zero-order valence-corrected chi connectivity index (χ0v) is 11.6. The van der Waals surface area contributed by atoms with Crippen LogP contribution in [0.25, 0.3) is 5.65 Å². The minimum Gasteiger partial charge on any atom is -0.356 e. The van der Waals surface area contributed by atoms with Crippen molar-refractivity contribution in [2.75, 3.05) is 20.1 Å². The molecule has 0 spiro atoms. The van der Waals surface area contributed by atoms with E-state index in [0.29, 0.717) is 0 Å². The number of aromatic nitrogens is 2. The first-order valence-electron chi connectivity index (χ1n) is 6.70. The van der Waals surface area contributed by atoms with E-state index in [-0.39, 0.29) is 0 Å². The van der Waals surface area contributed by atoms with Crippen LogP contribution in [-0.4, -0.2) is 35.5 Å². The molecule has 5 heteroatoms. The second-order valence-corrected chi connectivity index (χ2v) is 4.37. The quantitative estimate of drug-likeness (QED) is 0.631. The first-order chi connectivity index (χ1) is 9.33. The normalized spacial score (nSPS) is 11.8. The summed E-state index contributed by atoms with van der Waals surface area (Å²) in [5.41, 5.74) is 2.08. The number of rotatable bonds is 5. The number of fused-ring (bicyclic) bond motifs is 1. The maximum atomic E-state index is 4.56. The molecule has 19 heavy (non-hydrogen) atoms. The SMILES string of the molecule is CCCNC(=NC)NCCc1cn2ccccc2n1. The summed E-state index contributed by atoms with van der Waals surface area (Å²) >= 11 is 0. The number of aliphatic imine (C=N–C) groups is 1. The Morgan fingerprint density at radius 2 is 2.16 bits per heavy atom. The maximum Gasteiger partial charge on any atom is 0.190 e. The molecule has 2 aromatic rings. The largest absolute Gasteiger partial charge is 0.356 e. The van der Waals surface area contributed by atoms with Crippen molar-refractivity contribution in [2.24, 2.45) is 4.99 Å². The monoisotopic (exact) mass is 259 g/mol. The van der Waals surface area contributed by atoms with Crippen LogP contribution in [0.3, 0.4) is 0 Å². The van der Waals surface area contributed by atoms with Crippen molar-refractivity contribution in [1.82, 2.24) is 20.0 Å². The minimum atomic E-state index is 0.827. The lowest BCUT2D eigenvalue weighted by molar-refractivity contribution is 0.769. The second kappa shape index (κ2) is 6.78. The first kappa shape index (κ1) is 13.4. The summed E-state index contributed by atoms with van der Waals surface area (Å²) < 4.78 is 2.04. The molecule has 0 aliphatic heterocycles. The van der Waals surface area contributed by atoms with Gasteiger partial charge in [0, 0.05) is 39.0 Å². The zero-order valence-electron chi connectivity index (χ0n) is 11.6. The van der Waals surface area contributed by atoms with Gasteiger partial charge >= 0.3 is 0 Å². The standard InChI is InChI=1S/C14H21N5/c1-3-8-16-14(15-2)17-9-7-12-11-19-10-5-4-6-13(19)18-12/h4-6,10-11H,3,7-9H2,1-2H3,(H2,15,16,17). The molecule has 0 radical (unpaired) electrons. The number of nitrogens with zero attached hydrogens (tertiary/aromatic N) is 3. The van der Waals surface area contributed by atoms with E-state index >= 15 is 0 Å². The fourth-order valence-electron chi connectivity index (χ4n) is 1.88. The molecule has 0 atom stereocenters. The lowest BCUT2D eigenvalue weighted by Crippen LogP contribution is -2.38. The topological polar surface area (TPSA) is 53.7 Å². The van der Waals surface area contributed by atoms with Crippen LogP contribution in [0, 0.1) is 0 Å². The predicted octanol–water partition coefficient (Wildman–Crippen LogP) is 1.45. The molecule has 0 aliphatic carbocycles. The molecule has 2 heterocycles. The smallest absolute Gasteiger partial charge is 0.190 e. The Morgan fingerprint density at radius 1 is 1.32 bits per heavy atom. The lowest BCUT2D eigenvalue weighted by Gasteiger charge is -2.09. The van der Waals surface area contributed by atoms with E-state index in [1.54, 1.807) is 7.05 Å². The number of hydrogen-bond donors (Lipinski definition) is 2. The Hall–Kier alpha value is -2.04. The second-order valence-electron chi connectivity index (χ2n) is 4.37. The summed E-state index contributed by atoms with van der Waals surface area (Å²) in [5, 5.41) is 6.53.